The number of hydrogen-bond donors (Lipinski definition) is 1. The molecule has 0 heterocycles. The number of alkyl halides is 3. The van der Waals surface area contributed by atoms with Gasteiger partial charge < -0.3 is 5.32 Å². The molecule has 0 fully saturated rings. The van der Waals surface area contributed by atoms with E-state index < -0.39 is 17.3 Å². The van der Waals surface area contributed by atoms with E-state index >= 15 is 0 Å². The van der Waals surface area contributed by atoms with Crippen molar-refractivity contribution >= 4 is 23.0 Å². The lowest BCUT2D eigenvalue weighted by Gasteiger charge is -2.13. The normalized spacial score (nSPS) is 11.0. The lowest BCUT2D eigenvalue weighted by atomic mass is 10.1. The molecule has 0 atom stereocenters. The van der Waals surface area contributed by atoms with E-state index in [4.69, 9.17) is 16.9 Å². The van der Waals surface area contributed by atoms with E-state index in [1.807, 2.05) is 0 Å². The minimum absolute atomic E-state index is 0.393. The minimum Gasteiger partial charge on any atom is -0.355 e. The maximum absolute atomic E-state index is 12.7. The van der Waals surface area contributed by atoms with Crippen LogP contribution in [0.4, 0.5) is 24.5 Å². The highest BCUT2D eigenvalue weighted by Crippen LogP contribution is 2.34. The molecule has 0 aliphatic carbocycles. The van der Waals surface area contributed by atoms with Crippen LogP contribution in [0, 0.1) is 18.3 Å². The molecule has 0 saturated carbocycles. The van der Waals surface area contributed by atoms with Gasteiger partial charge in [0.05, 0.1) is 17.2 Å². The van der Waals surface area contributed by atoms with Crippen molar-refractivity contribution in [2.24, 2.45) is 0 Å². The molecule has 2 aromatic carbocycles. The average molecular weight is 311 g/mol. The Kier molecular flexibility index (Phi) is 4.10. The Morgan fingerprint density at radius 1 is 1.19 bits per heavy atom. The highest BCUT2D eigenvalue weighted by Gasteiger charge is 2.33. The molecule has 0 aliphatic heterocycles. The summed E-state index contributed by atoms with van der Waals surface area (Å²) in [6.45, 7) is 1.79. The summed E-state index contributed by atoms with van der Waals surface area (Å²) in [5.41, 5.74) is 0.471. The average Bonchev–Trinajstić information content (AvgIpc) is 2.42. The van der Waals surface area contributed by atoms with Crippen molar-refractivity contribution in [3.05, 3.63) is 58.1 Å². The van der Waals surface area contributed by atoms with Crippen LogP contribution >= 0.6 is 11.6 Å². The van der Waals surface area contributed by atoms with E-state index in [0.29, 0.717) is 16.4 Å². The third-order valence-corrected chi connectivity index (χ3v) is 3.40. The summed E-state index contributed by atoms with van der Waals surface area (Å²) < 4.78 is 38.2. The lowest BCUT2D eigenvalue weighted by Crippen LogP contribution is -2.08. The fourth-order valence-corrected chi connectivity index (χ4v) is 2.03. The van der Waals surface area contributed by atoms with Crippen molar-refractivity contribution in [3.8, 4) is 6.07 Å². The van der Waals surface area contributed by atoms with Gasteiger partial charge in [0.15, 0.2) is 0 Å². The summed E-state index contributed by atoms with van der Waals surface area (Å²) in [5.74, 6) is 0. The first-order chi connectivity index (χ1) is 9.82. The Hall–Kier alpha value is -2.19. The van der Waals surface area contributed by atoms with Crippen molar-refractivity contribution in [2.45, 2.75) is 13.1 Å². The van der Waals surface area contributed by atoms with Crippen LogP contribution in [0.15, 0.2) is 36.4 Å². The second kappa shape index (κ2) is 5.66. The zero-order valence-corrected chi connectivity index (χ0v) is 11.7. The van der Waals surface area contributed by atoms with Crippen LogP contribution in [0.25, 0.3) is 0 Å². The number of anilines is 2. The van der Waals surface area contributed by atoms with Gasteiger partial charge in [-0.1, -0.05) is 17.7 Å². The predicted octanol–water partition coefficient (Wildman–Crippen LogP) is 5.28. The molecule has 21 heavy (non-hydrogen) atoms. The van der Waals surface area contributed by atoms with Crippen LogP contribution in [0.5, 0.6) is 0 Å². The predicted molar refractivity (Wildman–Crippen MR) is 75.6 cm³/mol. The lowest BCUT2D eigenvalue weighted by molar-refractivity contribution is -0.137. The second-order valence-electron chi connectivity index (χ2n) is 4.41. The SMILES string of the molecule is Cc1c(Cl)cccc1Nc1ccc(C(F)(F)F)c(C#N)c1. The van der Waals surface area contributed by atoms with Crippen molar-refractivity contribution < 1.29 is 13.2 Å². The highest BCUT2D eigenvalue weighted by molar-refractivity contribution is 6.31. The van der Waals surface area contributed by atoms with Gasteiger partial charge in [-0.25, -0.2) is 0 Å². The molecule has 108 valence electrons. The van der Waals surface area contributed by atoms with Crippen LogP contribution in [0.1, 0.15) is 16.7 Å². The second-order valence-corrected chi connectivity index (χ2v) is 4.81. The Morgan fingerprint density at radius 3 is 2.52 bits per heavy atom. The van der Waals surface area contributed by atoms with Crippen molar-refractivity contribution in [3.63, 3.8) is 0 Å². The Balaban J connectivity index is 2.39. The molecule has 0 radical (unpaired) electrons. The standard InChI is InChI=1S/C15H10ClF3N2/c1-9-13(16)3-2-4-14(9)21-11-5-6-12(15(17,18)19)10(7-11)8-20/h2-7,21H,1H3. The molecule has 0 unspecified atom stereocenters. The summed E-state index contributed by atoms with van der Waals surface area (Å²) >= 11 is 5.98. The first-order valence-electron chi connectivity index (χ1n) is 5.96. The number of nitrogens with one attached hydrogen (secondary N) is 1. The Morgan fingerprint density at radius 2 is 1.90 bits per heavy atom. The van der Waals surface area contributed by atoms with E-state index in [0.717, 1.165) is 11.6 Å². The smallest absolute Gasteiger partial charge is 0.355 e. The van der Waals surface area contributed by atoms with Gasteiger partial charge in [0.1, 0.15) is 0 Å². The number of halogens is 4. The third kappa shape index (κ3) is 3.29. The molecular weight excluding hydrogens is 301 g/mol. The van der Waals surface area contributed by atoms with Crippen LogP contribution in [0.2, 0.25) is 5.02 Å². The van der Waals surface area contributed by atoms with E-state index in [1.165, 1.54) is 12.1 Å². The zero-order valence-electron chi connectivity index (χ0n) is 10.9. The minimum atomic E-state index is -4.55. The summed E-state index contributed by atoms with van der Waals surface area (Å²) in [6, 6.07) is 10.1. The first kappa shape index (κ1) is 15.2. The zero-order chi connectivity index (χ0) is 15.6. The molecule has 0 aliphatic rings. The van der Waals surface area contributed by atoms with Crippen molar-refractivity contribution in [1.82, 2.24) is 0 Å². The highest BCUT2D eigenvalue weighted by atomic mass is 35.5. The molecule has 6 heteroatoms. The van der Waals surface area contributed by atoms with E-state index in [2.05, 4.69) is 5.32 Å². The van der Waals surface area contributed by atoms with Crippen molar-refractivity contribution in [2.75, 3.05) is 5.32 Å². The summed E-state index contributed by atoms with van der Waals surface area (Å²) in [7, 11) is 0. The topological polar surface area (TPSA) is 35.8 Å². The van der Waals surface area contributed by atoms with Gasteiger partial charge in [-0.2, -0.15) is 18.4 Å². The van der Waals surface area contributed by atoms with Crippen LogP contribution in [-0.2, 0) is 6.18 Å². The first-order valence-corrected chi connectivity index (χ1v) is 6.34. The molecule has 2 rings (SSSR count). The number of benzene rings is 2. The van der Waals surface area contributed by atoms with Gasteiger partial charge in [0, 0.05) is 16.4 Å². The van der Waals surface area contributed by atoms with Crippen LogP contribution in [-0.4, -0.2) is 0 Å². The van der Waals surface area contributed by atoms with Crippen LogP contribution < -0.4 is 5.32 Å². The number of nitrogens with zero attached hydrogens (tertiary/aromatic N) is 1. The largest absolute Gasteiger partial charge is 0.417 e. The Labute approximate surface area is 124 Å². The van der Waals surface area contributed by atoms with Gasteiger partial charge in [0.2, 0.25) is 0 Å². The van der Waals surface area contributed by atoms with E-state index in [1.54, 1.807) is 31.2 Å². The molecule has 2 nitrogen and oxygen atoms in total. The van der Waals surface area contributed by atoms with E-state index in [-0.39, 0.29) is 0 Å². The van der Waals surface area contributed by atoms with Crippen LogP contribution in [0.3, 0.4) is 0 Å². The van der Waals surface area contributed by atoms with Gasteiger partial charge in [-0.15, -0.1) is 0 Å². The van der Waals surface area contributed by atoms with Gasteiger partial charge >= 0.3 is 6.18 Å². The maximum atomic E-state index is 12.7. The van der Waals surface area contributed by atoms with E-state index in [9.17, 15) is 13.2 Å². The molecule has 2 aromatic rings. The molecule has 1 N–H and O–H groups in total. The van der Waals surface area contributed by atoms with Gasteiger partial charge in [0.25, 0.3) is 0 Å². The third-order valence-electron chi connectivity index (χ3n) is 2.99. The summed E-state index contributed by atoms with van der Waals surface area (Å²) in [4.78, 5) is 0. The molecular formula is C15H10ClF3N2. The molecule has 0 aromatic heterocycles. The number of nitriles is 1. The molecule has 0 amide bonds. The molecule has 0 bridgehead atoms. The van der Waals surface area contributed by atoms with Gasteiger partial charge in [-0.3, -0.25) is 0 Å². The quantitative estimate of drug-likeness (QED) is 0.819. The summed E-state index contributed by atoms with van der Waals surface area (Å²) in [6.07, 6.45) is -4.55. The fourth-order valence-electron chi connectivity index (χ4n) is 1.86. The maximum Gasteiger partial charge on any atom is 0.417 e. The van der Waals surface area contributed by atoms with Crippen molar-refractivity contribution in [1.29, 1.82) is 5.26 Å². The van der Waals surface area contributed by atoms with Gasteiger partial charge in [-0.05, 0) is 42.8 Å². The number of hydrogen-bond acceptors (Lipinski definition) is 2. The number of rotatable bonds is 2. The fraction of sp³-hybridized carbons (Fsp3) is 0.133. The monoisotopic (exact) mass is 310 g/mol. The Bertz CT molecular complexity index is 718. The molecule has 0 spiro atoms. The molecule has 0 saturated heterocycles. The summed E-state index contributed by atoms with van der Waals surface area (Å²) in [5, 5.41) is 12.4.